The van der Waals surface area contributed by atoms with Gasteiger partial charge in [0.15, 0.2) is 5.13 Å². The van der Waals surface area contributed by atoms with Crippen LogP contribution < -0.4 is 11.1 Å². The summed E-state index contributed by atoms with van der Waals surface area (Å²) in [6, 6.07) is 18.9. The standard InChI is InChI=1S/C28H23N5O2S2/c1-16-30-24(15-36-16)18-3-2-4-22(12-18)31-26(34)19-6-5-17-9-10-33(14-21(17)11-19)27(35)20-7-8-23-25(13-20)37-28(29)32-23/h2-8,11-13,15H,9-10,14H2,1H3,(H2,29,32)(H,31,34). The highest BCUT2D eigenvalue weighted by atomic mass is 32.1. The Kier molecular flexibility index (Phi) is 5.94. The van der Waals surface area contributed by atoms with Gasteiger partial charge in [0.25, 0.3) is 11.8 Å². The Bertz CT molecular complexity index is 1670. The predicted octanol–water partition coefficient (Wildman–Crippen LogP) is 5.76. The second-order valence-corrected chi connectivity index (χ2v) is 11.1. The molecule has 184 valence electrons. The first-order valence-corrected chi connectivity index (χ1v) is 13.5. The smallest absolute Gasteiger partial charge is 0.255 e. The van der Waals surface area contributed by atoms with Gasteiger partial charge in [-0.1, -0.05) is 29.5 Å². The Hall–Kier alpha value is -4.08. The van der Waals surface area contributed by atoms with Crippen LogP contribution in [-0.4, -0.2) is 33.2 Å². The first kappa shape index (κ1) is 23.3. The summed E-state index contributed by atoms with van der Waals surface area (Å²) in [6.07, 6.45) is 0.744. The van der Waals surface area contributed by atoms with Crippen LogP contribution in [0.4, 0.5) is 10.8 Å². The van der Waals surface area contributed by atoms with Crippen molar-refractivity contribution in [2.75, 3.05) is 17.6 Å². The van der Waals surface area contributed by atoms with Crippen molar-refractivity contribution in [2.24, 2.45) is 0 Å². The number of nitrogens with one attached hydrogen (secondary N) is 1. The zero-order valence-electron chi connectivity index (χ0n) is 20.0. The van der Waals surface area contributed by atoms with Crippen molar-refractivity contribution in [1.29, 1.82) is 0 Å². The molecular weight excluding hydrogens is 502 g/mol. The molecule has 0 aliphatic carbocycles. The summed E-state index contributed by atoms with van der Waals surface area (Å²) < 4.78 is 0.897. The minimum absolute atomic E-state index is 0.0385. The number of thiazole rings is 2. The second-order valence-electron chi connectivity index (χ2n) is 8.98. The van der Waals surface area contributed by atoms with Crippen molar-refractivity contribution in [3.05, 3.63) is 93.3 Å². The molecule has 0 spiro atoms. The number of aromatic nitrogens is 2. The number of rotatable bonds is 4. The summed E-state index contributed by atoms with van der Waals surface area (Å²) in [5.41, 5.74) is 12.5. The Balaban J connectivity index is 1.19. The molecule has 0 bridgehead atoms. The molecule has 0 saturated heterocycles. The minimum atomic E-state index is -0.189. The fraction of sp³-hybridized carbons (Fsp3) is 0.143. The minimum Gasteiger partial charge on any atom is -0.375 e. The summed E-state index contributed by atoms with van der Waals surface area (Å²) in [7, 11) is 0. The highest BCUT2D eigenvalue weighted by molar-refractivity contribution is 7.22. The number of nitrogens with zero attached hydrogens (tertiary/aromatic N) is 3. The average molecular weight is 526 g/mol. The molecule has 3 N–H and O–H groups in total. The van der Waals surface area contributed by atoms with Crippen LogP contribution in [-0.2, 0) is 13.0 Å². The fourth-order valence-electron chi connectivity index (χ4n) is 4.59. The van der Waals surface area contributed by atoms with Crippen molar-refractivity contribution in [3.8, 4) is 11.3 Å². The SMILES string of the molecule is Cc1nc(-c2cccc(NC(=O)c3ccc4c(c3)CN(C(=O)c3ccc5nc(N)sc5c3)CC4)c2)cs1. The van der Waals surface area contributed by atoms with Gasteiger partial charge in [-0.3, -0.25) is 9.59 Å². The number of carbonyl (C=O) groups excluding carboxylic acids is 2. The zero-order chi connectivity index (χ0) is 25.5. The number of nitrogens with two attached hydrogens (primary N) is 1. The summed E-state index contributed by atoms with van der Waals surface area (Å²) >= 11 is 2.97. The maximum atomic E-state index is 13.3. The monoisotopic (exact) mass is 525 g/mol. The van der Waals surface area contributed by atoms with Crippen LogP contribution in [0.25, 0.3) is 21.5 Å². The Morgan fingerprint density at radius 3 is 2.70 bits per heavy atom. The molecule has 3 heterocycles. The van der Waals surface area contributed by atoms with Gasteiger partial charge in [-0.25, -0.2) is 9.97 Å². The van der Waals surface area contributed by atoms with Crippen molar-refractivity contribution in [2.45, 2.75) is 19.9 Å². The maximum Gasteiger partial charge on any atom is 0.255 e. The van der Waals surface area contributed by atoms with E-state index in [1.807, 2.05) is 71.8 Å². The van der Waals surface area contributed by atoms with E-state index in [9.17, 15) is 9.59 Å². The lowest BCUT2D eigenvalue weighted by Gasteiger charge is -2.29. The Morgan fingerprint density at radius 2 is 1.86 bits per heavy atom. The molecular formula is C28H23N5O2S2. The first-order chi connectivity index (χ1) is 17.9. The number of carbonyl (C=O) groups is 2. The van der Waals surface area contributed by atoms with Crippen LogP contribution >= 0.6 is 22.7 Å². The van der Waals surface area contributed by atoms with Gasteiger partial charge in [0.05, 0.1) is 20.9 Å². The quantitative estimate of drug-likeness (QED) is 0.311. The average Bonchev–Trinajstić information content (AvgIpc) is 3.51. The van der Waals surface area contributed by atoms with E-state index in [0.29, 0.717) is 35.0 Å². The second kappa shape index (κ2) is 9.42. The topological polar surface area (TPSA) is 101 Å². The number of nitrogen functional groups attached to an aromatic ring is 1. The lowest BCUT2D eigenvalue weighted by molar-refractivity contribution is 0.0735. The summed E-state index contributed by atoms with van der Waals surface area (Å²) in [4.78, 5) is 37.0. The molecule has 0 saturated carbocycles. The molecule has 7 nitrogen and oxygen atoms in total. The highest BCUT2D eigenvalue weighted by Gasteiger charge is 2.23. The van der Waals surface area contributed by atoms with Crippen molar-refractivity contribution in [3.63, 3.8) is 0 Å². The van der Waals surface area contributed by atoms with Gasteiger partial charge in [-0.15, -0.1) is 11.3 Å². The maximum absolute atomic E-state index is 13.3. The van der Waals surface area contributed by atoms with E-state index in [-0.39, 0.29) is 11.8 Å². The number of aryl methyl sites for hydroxylation is 1. The van der Waals surface area contributed by atoms with E-state index >= 15 is 0 Å². The molecule has 0 atom stereocenters. The van der Waals surface area contributed by atoms with Gasteiger partial charge in [0.2, 0.25) is 0 Å². The molecule has 9 heteroatoms. The fourth-order valence-corrected chi connectivity index (χ4v) is 5.98. The molecule has 0 unspecified atom stereocenters. The number of hydrogen-bond acceptors (Lipinski definition) is 7. The van der Waals surface area contributed by atoms with Crippen LogP contribution in [0.5, 0.6) is 0 Å². The number of benzene rings is 3. The van der Waals surface area contributed by atoms with Gasteiger partial charge in [-0.2, -0.15) is 0 Å². The van der Waals surface area contributed by atoms with Crippen molar-refractivity contribution >= 4 is 55.5 Å². The van der Waals surface area contributed by atoms with Crippen LogP contribution in [0.2, 0.25) is 0 Å². The van der Waals surface area contributed by atoms with E-state index < -0.39 is 0 Å². The van der Waals surface area contributed by atoms with Gasteiger partial charge >= 0.3 is 0 Å². The third-order valence-corrected chi connectivity index (χ3v) is 8.08. The Morgan fingerprint density at radius 1 is 1.00 bits per heavy atom. The molecule has 0 fully saturated rings. The van der Waals surface area contributed by atoms with Gasteiger partial charge in [0, 0.05) is 40.8 Å². The third kappa shape index (κ3) is 4.71. The number of fused-ring (bicyclic) bond motifs is 2. The van der Waals surface area contributed by atoms with E-state index in [1.165, 1.54) is 11.3 Å². The van der Waals surface area contributed by atoms with E-state index in [2.05, 4.69) is 15.3 Å². The normalized spacial score (nSPS) is 12.9. The molecule has 1 aliphatic heterocycles. The zero-order valence-corrected chi connectivity index (χ0v) is 21.7. The Labute approximate surface area is 221 Å². The molecule has 0 radical (unpaired) electrons. The third-order valence-electron chi connectivity index (χ3n) is 6.46. The van der Waals surface area contributed by atoms with Gasteiger partial charge in [-0.05, 0) is 66.9 Å². The van der Waals surface area contributed by atoms with Gasteiger partial charge in [0.1, 0.15) is 0 Å². The molecule has 6 rings (SSSR count). The van der Waals surface area contributed by atoms with Crippen LogP contribution in [0.15, 0.2) is 66.0 Å². The van der Waals surface area contributed by atoms with E-state index in [4.69, 9.17) is 5.73 Å². The van der Waals surface area contributed by atoms with Crippen LogP contribution in [0.3, 0.4) is 0 Å². The summed E-state index contributed by atoms with van der Waals surface area (Å²) in [5.74, 6) is -0.227. The summed E-state index contributed by atoms with van der Waals surface area (Å²) in [6.45, 7) is 3.06. The molecule has 5 aromatic rings. The van der Waals surface area contributed by atoms with Crippen molar-refractivity contribution in [1.82, 2.24) is 14.9 Å². The van der Waals surface area contributed by atoms with Crippen LogP contribution in [0, 0.1) is 6.92 Å². The number of amides is 2. The highest BCUT2D eigenvalue weighted by Crippen LogP contribution is 2.28. The lowest BCUT2D eigenvalue weighted by Crippen LogP contribution is -2.36. The molecule has 2 aromatic heterocycles. The van der Waals surface area contributed by atoms with Crippen LogP contribution in [0.1, 0.15) is 36.9 Å². The predicted molar refractivity (Wildman–Crippen MR) is 149 cm³/mol. The largest absolute Gasteiger partial charge is 0.375 e. The molecule has 2 amide bonds. The molecule has 3 aromatic carbocycles. The number of hydrogen-bond donors (Lipinski definition) is 2. The first-order valence-electron chi connectivity index (χ1n) is 11.8. The summed E-state index contributed by atoms with van der Waals surface area (Å²) in [5, 5.41) is 6.50. The lowest BCUT2D eigenvalue weighted by atomic mass is 9.96. The number of anilines is 2. The van der Waals surface area contributed by atoms with E-state index in [1.54, 1.807) is 17.4 Å². The van der Waals surface area contributed by atoms with Gasteiger partial charge < -0.3 is 16.0 Å². The molecule has 1 aliphatic rings. The van der Waals surface area contributed by atoms with Crippen molar-refractivity contribution < 1.29 is 9.59 Å². The molecule has 37 heavy (non-hydrogen) atoms. The van der Waals surface area contributed by atoms with E-state index in [0.717, 1.165) is 44.0 Å².